The second-order valence-corrected chi connectivity index (χ2v) is 10.1. The third-order valence-electron chi connectivity index (χ3n) is 7.34. The average molecular weight is 508 g/mol. The zero-order valence-corrected chi connectivity index (χ0v) is 21.4. The van der Waals surface area contributed by atoms with Gasteiger partial charge in [0.25, 0.3) is 5.91 Å². The fourth-order valence-corrected chi connectivity index (χ4v) is 5.24. The Hall–Kier alpha value is -4.19. The van der Waals surface area contributed by atoms with Gasteiger partial charge in [-0.15, -0.1) is 0 Å². The number of aromatic nitrogens is 1. The summed E-state index contributed by atoms with van der Waals surface area (Å²) in [6.07, 6.45) is 8.04. The SMILES string of the molecule is O=C(NC(Cc1ccccc1)C(=O)NCC1CCCCC1)c1cccc(-c2cc(O)c3ncccc3c2)c1. The predicted octanol–water partition coefficient (Wildman–Crippen LogP) is 5.65. The van der Waals surface area contributed by atoms with Gasteiger partial charge in [0.15, 0.2) is 0 Å². The molecule has 1 unspecified atom stereocenters. The summed E-state index contributed by atoms with van der Waals surface area (Å²) in [6.45, 7) is 0.649. The van der Waals surface area contributed by atoms with Gasteiger partial charge in [-0.2, -0.15) is 0 Å². The number of amides is 2. The normalized spacial score (nSPS) is 14.6. The van der Waals surface area contributed by atoms with Gasteiger partial charge in [0.2, 0.25) is 5.91 Å². The maximum Gasteiger partial charge on any atom is 0.251 e. The first-order valence-corrected chi connectivity index (χ1v) is 13.4. The molecule has 0 spiro atoms. The molecule has 1 heterocycles. The summed E-state index contributed by atoms with van der Waals surface area (Å²) in [5.74, 6) is 0.125. The Balaban J connectivity index is 1.34. The number of nitrogens with one attached hydrogen (secondary N) is 2. The van der Waals surface area contributed by atoms with Crippen molar-refractivity contribution in [1.82, 2.24) is 15.6 Å². The summed E-state index contributed by atoms with van der Waals surface area (Å²) in [4.78, 5) is 30.9. The van der Waals surface area contributed by atoms with E-state index >= 15 is 0 Å². The molecule has 1 fully saturated rings. The third kappa shape index (κ3) is 6.20. The molecule has 6 heteroatoms. The topological polar surface area (TPSA) is 91.3 Å². The first kappa shape index (κ1) is 25.5. The van der Waals surface area contributed by atoms with E-state index in [1.165, 1.54) is 19.3 Å². The van der Waals surface area contributed by atoms with Crippen molar-refractivity contribution in [2.45, 2.75) is 44.6 Å². The lowest BCUT2D eigenvalue weighted by Gasteiger charge is -2.24. The van der Waals surface area contributed by atoms with Gasteiger partial charge >= 0.3 is 0 Å². The minimum atomic E-state index is -0.687. The quantitative estimate of drug-likeness (QED) is 0.288. The van der Waals surface area contributed by atoms with Crippen molar-refractivity contribution in [3.63, 3.8) is 0 Å². The molecule has 1 aliphatic carbocycles. The number of carbonyl (C=O) groups excluding carboxylic acids is 2. The number of nitrogens with zero attached hydrogens (tertiary/aromatic N) is 1. The van der Waals surface area contributed by atoms with Crippen molar-refractivity contribution < 1.29 is 14.7 Å². The van der Waals surface area contributed by atoms with Crippen LogP contribution in [0.3, 0.4) is 0 Å². The molecule has 4 aromatic rings. The monoisotopic (exact) mass is 507 g/mol. The molecule has 3 aromatic carbocycles. The fourth-order valence-electron chi connectivity index (χ4n) is 5.24. The lowest BCUT2D eigenvalue weighted by atomic mass is 9.89. The summed E-state index contributed by atoms with van der Waals surface area (Å²) < 4.78 is 0. The van der Waals surface area contributed by atoms with E-state index in [9.17, 15) is 14.7 Å². The van der Waals surface area contributed by atoms with E-state index < -0.39 is 6.04 Å². The van der Waals surface area contributed by atoms with Gasteiger partial charge in [-0.25, -0.2) is 0 Å². The number of rotatable bonds is 8. The number of phenols is 1. The standard InChI is InChI=1S/C32H33N3O3/c36-29-20-27(19-25-15-8-16-33-30(25)29)24-13-7-14-26(18-24)31(37)35-28(17-22-9-3-1-4-10-22)32(38)34-21-23-11-5-2-6-12-23/h1,3-4,7-10,13-16,18-20,23,28,36H,2,5-6,11-12,17,21H2,(H,34,38)(H,35,37). The molecule has 2 amide bonds. The van der Waals surface area contributed by atoms with Gasteiger partial charge in [0, 0.05) is 30.1 Å². The van der Waals surface area contributed by atoms with Gasteiger partial charge in [-0.1, -0.05) is 67.8 Å². The van der Waals surface area contributed by atoms with Crippen molar-refractivity contribution in [1.29, 1.82) is 0 Å². The lowest BCUT2D eigenvalue weighted by Crippen LogP contribution is -2.49. The van der Waals surface area contributed by atoms with Crippen LogP contribution in [0.5, 0.6) is 5.75 Å². The number of hydrogen-bond donors (Lipinski definition) is 3. The van der Waals surface area contributed by atoms with Crippen LogP contribution in [0.15, 0.2) is 85.1 Å². The molecular formula is C32H33N3O3. The summed E-state index contributed by atoms with van der Waals surface area (Å²) in [6, 6.07) is 23.6. The second kappa shape index (κ2) is 11.9. The second-order valence-electron chi connectivity index (χ2n) is 10.1. The Morgan fingerprint density at radius 3 is 2.53 bits per heavy atom. The first-order valence-electron chi connectivity index (χ1n) is 13.4. The van der Waals surface area contributed by atoms with E-state index in [1.807, 2.05) is 60.7 Å². The van der Waals surface area contributed by atoms with E-state index in [1.54, 1.807) is 24.4 Å². The number of phenolic OH excluding ortho intramolecular Hbond substituents is 1. The lowest BCUT2D eigenvalue weighted by molar-refractivity contribution is -0.123. The van der Waals surface area contributed by atoms with E-state index in [-0.39, 0.29) is 17.6 Å². The molecule has 194 valence electrons. The summed E-state index contributed by atoms with van der Waals surface area (Å²) in [5.41, 5.74) is 3.54. The average Bonchev–Trinajstić information content (AvgIpc) is 2.96. The molecule has 0 saturated heterocycles. The molecule has 1 aliphatic rings. The van der Waals surface area contributed by atoms with Crippen LogP contribution in [0.25, 0.3) is 22.0 Å². The highest BCUT2D eigenvalue weighted by molar-refractivity contribution is 5.99. The number of benzene rings is 3. The van der Waals surface area contributed by atoms with Crippen LogP contribution in [0, 0.1) is 5.92 Å². The highest BCUT2D eigenvalue weighted by Crippen LogP contribution is 2.31. The van der Waals surface area contributed by atoms with Gasteiger partial charge in [0.05, 0.1) is 0 Å². The van der Waals surface area contributed by atoms with Crippen LogP contribution < -0.4 is 10.6 Å². The van der Waals surface area contributed by atoms with Gasteiger partial charge in [-0.05, 0) is 65.8 Å². The maximum atomic E-state index is 13.4. The first-order chi connectivity index (χ1) is 18.6. The van der Waals surface area contributed by atoms with Crippen LogP contribution >= 0.6 is 0 Å². The molecular weight excluding hydrogens is 474 g/mol. The Morgan fingerprint density at radius 1 is 0.895 bits per heavy atom. The Labute approximate surface area is 223 Å². The van der Waals surface area contributed by atoms with Gasteiger partial charge in [0.1, 0.15) is 17.3 Å². The molecule has 1 atom stereocenters. The summed E-state index contributed by atoms with van der Waals surface area (Å²) in [5, 5.41) is 17.4. The van der Waals surface area contributed by atoms with Crippen LogP contribution in [0.1, 0.15) is 48.0 Å². The minimum absolute atomic E-state index is 0.0884. The number of fused-ring (bicyclic) bond motifs is 1. The molecule has 3 N–H and O–H groups in total. The Bertz CT molecular complexity index is 1410. The van der Waals surface area contributed by atoms with Crippen LogP contribution in [-0.4, -0.2) is 34.5 Å². The number of carbonyl (C=O) groups is 2. The molecule has 0 aliphatic heterocycles. The molecule has 6 nitrogen and oxygen atoms in total. The van der Waals surface area contributed by atoms with Crippen LogP contribution in [-0.2, 0) is 11.2 Å². The van der Waals surface area contributed by atoms with Crippen LogP contribution in [0.4, 0.5) is 0 Å². The number of hydrogen-bond acceptors (Lipinski definition) is 4. The molecule has 0 radical (unpaired) electrons. The van der Waals surface area contributed by atoms with Gasteiger partial charge in [-0.3, -0.25) is 14.6 Å². The zero-order valence-electron chi connectivity index (χ0n) is 21.4. The molecule has 0 bridgehead atoms. The van der Waals surface area contributed by atoms with Crippen molar-refractivity contribution in [2.75, 3.05) is 6.54 Å². The minimum Gasteiger partial charge on any atom is -0.506 e. The molecule has 5 rings (SSSR count). The van der Waals surface area contributed by atoms with Crippen molar-refractivity contribution in [3.8, 4) is 16.9 Å². The molecule has 38 heavy (non-hydrogen) atoms. The molecule has 1 saturated carbocycles. The van der Waals surface area contributed by atoms with Crippen molar-refractivity contribution in [2.24, 2.45) is 5.92 Å². The highest BCUT2D eigenvalue weighted by atomic mass is 16.3. The number of pyridine rings is 1. The van der Waals surface area contributed by atoms with E-state index in [0.29, 0.717) is 30.0 Å². The van der Waals surface area contributed by atoms with Crippen molar-refractivity contribution >= 4 is 22.7 Å². The van der Waals surface area contributed by atoms with E-state index in [0.717, 1.165) is 34.9 Å². The van der Waals surface area contributed by atoms with Crippen LogP contribution in [0.2, 0.25) is 0 Å². The summed E-state index contributed by atoms with van der Waals surface area (Å²) >= 11 is 0. The smallest absolute Gasteiger partial charge is 0.251 e. The number of aromatic hydroxyl groups is 1. The zero-order chi connectivity index (χ0) is 26.3. The molecule has 1 aromatic heterocycles. The van der Waals surface area contributed by atoms with Crippen molar-refractivity contribution in [3.05, 3.63) is 96.2 Å². The third-order valence-corrected chi connectivity index (χ3v) is 7.34. The Morgan fingerprint density at radius 2 is 1.71 bits per heavy atom. The Kier molecular flexibility index (Phi) is 7.98. The van der Waals surface area contributed by atoms with E-state index in [2.05, 4.69) is 15.6 Å². The predicted molar refractivity (Wildman–Crippen MR) is 150 cm³/mol. The van der Waals surface area contributed by atoms with E-state index in [4.69, 9.17) is 0 Å². The maximum absolute atomic E-state index is 13.4. The highest BCUT2D eigenvalue weighted by Gasteiger charge is 2.23. The van der Waals surface area contributed by atoms with Gasteiger partial charge < -0.3 is 15.7 Å². The largest absolute Gasteiger partial charge is 0.506 e. The summed E-state index contributed by atoms with van der Waals surface area (Å²) in [7, 11) is 0. The fraction of sp³-hybridized carbons (Fsp3) is 0.281.